The summed E-state index contributed by atoms with van der Waals surface area (Å²) in [6.45, 7) is 3.96. The van der Waals surface area contributed by atoms with Crippen molar-refractivity contribution in [2.45, 2.75) is 19.9 Å². The molecule has 3 N–H and O–H groups in total. The molecule has 100 valence electrons. The number of benzene rings is 2. The molecule has 0 saturated carbocycles. The Kier molecular flexibility index (Phi) is 3.93. The number of rotatable bonds is 3. The molecule has 2 nitrogen and oxygen atoms in total. The molecule has 2 aromatic carbocycles. The van der Waals surface area contributed by atoms with Gasteiger partial charge in [0.15, 0.2) is 11.6 Å². The van der Waals surface area contributed by atoms with E-state index in [4.69, 9.17) is 5.84 Å². The average Bonchev–Trinajstić information content (AvgIpc) is 2.39. The molecule has 0 aliphatic carbocycles. The van der Waals surface area contributed by atoms with E-state index in [9.17, 15) is 8.78 Å². The highest BCUT2D eigenvalue weighted by atomic mass is 19.2. The van der Waals surface area contributed by atoms with E-state index < -0.39 is 17.7 Å². The molecule has 0 amide bonds. The van der Waals surface area contributed by atoms with Crippen LogP contribution in [0.25, 0.3) is 0 Å². The second-order valence-electron chi connectivity index (χ2n) is 4.59. The van der Waals surface area contributed by atoms with Crippen LogP contribution in [0.5, 0.6) is 0 Å². The van der Waals surface area contributed by atoms with E-state index in [2.05, 4.69) is 5.43 Å². The van der Waals surface area contributed by atoms with Gasteiger partial charge in [0.25, 0.3) is 0 Å². The maximum Gasteiger partial charge on any atom is 0.163 e. The molecule has 0 radical (unpaired) electrons. The Morgan fingerprint density at radius 3 is 2.42 bits per heavy atom. The minimum Gasteiger partial charge on any atom is -0.271 e. The van der Waals surface area contributed by atoms with Crippen molar-refractivity contribution >= 4 is 0 Å². The summed E-state index contributed by atoms with van der Waals surface area (Å²) in [6.07, 6.45) is 0. The van der Waals surface area contributed by atoms with Crippen LogP contribution < -0.4 is 11.3 Å². The molecule has 1 atom stereocenters. The van der Waals surface area contributed by atoms with E-state index in [1.54, 1.807) is 0 Å². The zero-order valence-corrected chi connectivity index (χ0v) is 10.9. The summed E-state index contributed by atoms with van der Waals surface area (Å²) in [5, 5.41) is 0. The van der Waals surface area contributed by atoms with Crippen LogP contribution in [0, 0.1) is 25.5 Å². The van der Waals surface area contributed by atoms with Crippen LogP contribution in [0.1, 0.15) is 28.3 Å². The summed E-state index contributed by atoms with van der Waals surface area (Å²) in [5.74, 6) is 3.76. The topological polar surface area (TPSA) is 38.0 Å². The molecule has 19 heavy (non-hydrogen) atoms. The van der Waals surface area contributed by atoms with Crippen molar-refractivity contribution in [2.24, 2.45) is 5.84 Å². The normalized spacial score (nSPS) is 12.5. The van der Waals surface area contributed by atoms with Gasteiger partial charge < -0.3 is 0 Å². The third-order valence-electron chi connectivity index (χ3n) is 3.32. The van der Waals surface area contributed by atoms with Crippen LogP contribution in [0.3, 0.4) is 0 Å². The summed E-state index contributed by atoms with van der Waals surface area (Å²) in [7, 11) is 0. The molecule has 1 unspecified atom stereocenters. The lowest BCUT2D eigenvalue weighted by atomic mass is 9.95. The smallest absolute Gasteiger partial charge is 0.163 e. The lowest BCUT2D eigenvalue weighted by Gasteiger charge is -2.18. The van der Waals surface area contributed by atoms with E-state index in [1.165, 1.54) is 12.1 Å². The van der Waals surface area contributed by atoms with Gasteiger partial charge in [-0.25, -0.2) is 14.2 Å². The predicted molar refractivity (Wildman–Crippen MR) is 71.4 cm³/mol. The monoisotopic (exact) mass is 262 g/mol. The van der Waals surface area contributed by atoms with Gasteiger partial charge in [0.2, 0.25) is 0 Å². The van der Waals surface area contributed by atoms with Gasteiger partial charge in [-0.3, -0.25) is 5.84 Å². The van der Waals surface area contributed by atoms with Gasteiger partial charge in [0, 0.05) is 5.56 Å². The van der Waals surface area contributed by atoms with Crippen LogP contribution in [0.15, 0.2) is 36.4 Å². The number of nitrogens with one attached hydrogen (secondary N) is 1. The van der Waals surface area contributed by atoms with Crippen molar-refractivity contribution in [3.05, 3.63) is 70.3 Å². The van der Waals surface area contributed by atoms with Crippen molar-refractivity contribution in [3.63, 3.8) is 0 Å². The Labute approximate surface area is 111 Å². The molecule has 0 bridgehead atoms. The van der Waals surface area contributed by atoms with E-state index in [1.807, 2.05) is 32.0 Å². The average molecular weight is 262 g/mol. The van der Waals surface area contributed by atoms with Gasteiger partial charge >= 0.3 is 0 Å². The highest BCUT2D eigenvalue weighted by Crippen LogP contribution is 2.26. The van der Waals surface area contributed by atoms with Gasteiger partial charge in [-0.1, -0.05) is 30.3 Å². The number of hydrogen-bond donors (Lipinski definition) is 2. The molecule has 0 spiro atoms. The molecule has 0 aromatic heterocycles. The summed E-state index contributed by atoms with van der Waals surface area (Å²) >= 11 is 0. The first kappa shape index (κ1) is 13.6. The zero-order valence-electron chi connectivity index (χ0n) is 10.9. The standard InChI is InChI=1S/C15H16F2N2/c1-9-6-7-11(8-10(9)2)15(19-18)12-4-3-5-13(16)14(12)17/h3-8,15,19H,18H2,1-2H3. The quantitative estimate of drug-likeness (QED) is 0.658. The fourth-order valence-corrected chi connectivity index (χ4v) is 2.05. The molecule has 0 fully saturated rings. The molecule has 4 heteroatoms. The molecule has 2 aromatic rings. The number of hydrazine groups is 1. The highest BCUT2D eigenvalue weighted by molar-refractivity contribution is 5.37. The molecular formula is C15H16F2N2. The van der Waals surface area contributed by atoms with Gasteiger partial charge in [-0.2, -0.15) is 0 Å². The van der Waals surface area contributed by atoms with Crippen molar-refractivity contribution < 1.29 is 8.78 Å². The van der Waals surface area contributed by atoms with E-state index in [0.29, 0.717) is 0 Å². The van der Waals surface area contributed by atoms with E-state index in [-0.39, 0.29) is 5.56 Å². The first-order valence-corrected chi connectivity index (χ1v) is 6.01. The maximum atomic E-state index is 13.8. The van der Waals surface area contributed by atoms with E-state index >= 15 is 0 Å². The maximum absolute atomic E-state index is 13.8. The number of aryl methyl sites for hydroxylation is 2. The molecule has 0 aliphatic heterocycles. The largest absolute Gasteiger partial charge is 0.271 e. The first-order valence-electron chi connectivity index (χ1n) is 6.01. The van der Waals surface area contributed by atoms with Crippen LogP contribution in [-0.2, 0) is 0 Å². The van der Waals surface area contributed by atoms with Crippen LogP contribution >= 0.6 is 0 Å². The van der Waals surface area contributed by atoms with Gasteiger partial charge in [0.05, 0.1) is 6.04 Å². The second kappa shape index (κ2) is 5.47. The SMILES string of the molecule is Cc1ccc(C(NN)c2cccc(F)c2F)cc1C. The van der Waals surface area contributed by atoms with E-state index in [0.717, 1.165) is 22.8 Å². The van der Waals surface area contributed by atoms with Crippen molar-refractivity contribution in [3.8, 4) is 0 Å². The lowest BCUT2D eigenvalue weighted by Crippen LogP contribution is -2.29. The Hall–Kier alpha value is -1.78. The summed E-state index contributed by atoms with van der Waals surface area (Å²) in [6, 6.07) is 9.23. The lowest BCUT2D eigenvalue weighted by molar-refractivity contribution is 0.483. The zero-order chi connectivity index (χ0) is 14.0. The first-order chi connectivity index (χ1) is 9.04. The fourth-order valence-electron chi connectivity index (χ4n) is 2.05. The number of halogens is 2. The van der Waals surface area contributed by atoms with Crippen LogP contribution in [-0.4, -0.2) is 0 Å². The Morgan fingerprint density at radius 1 is 1.05 bits per heavy atom. The van der Waals surface area contributed by atoms with Crippen molar-refractivity contribution in [1.29, 1.82) is 0 Å². The molecule has 0 aliphatic rings. The van der Waals surface area contributed by atoms with Crippen molar-refractivity contribution in [2.75, 3.05) is 0 Å². The highest BCUT2D eigenvalue weighted by Gasteiger charge is 2.19. The Balaban J connectivity index is 2.50. The summed E-state index contributed by atoms with van der Waals surface area (Å²) in [5.41, 5.74) is 5.76. The Bertz CT molecular complexity index is 597. The molecule has 2 rings (SSSR count). The minimum absolute atomic E-state index is 0.200. The third kappa shape index (κ3) is 2.64. The Morgan fingerprint density at radius 2 is 1.79 bits per heavy atom. The minimum atomic E-state index is -0.874. The number of hydrogen-bond acceptors (Lipinski definition) is 2. The van der Waals surface area contributed by atoms with Gasteiger partial charge in [0.1, 0.15) is 0 Å². The van der Waals surface area contributed by atoms with Gasteiger partial charge in [-0.15, -0.1) is 0 Å². The summed E-state index contributed by atoms with van der Waals surface area (Å²) in [4.78, 5) is 0. The molecule has 0 heterocycles. The summed E-state index contributed by atoms with van der Waals surface area (Å²) < 4.78 is 27.1. The van der Waals surface area contributed by atoms with Gasteiger partial charge in [-0.05, 0) is 36.6 Å². The van der Waals surface area contributed by atoms with Crippen LogP contribution in [0.2, 0.25) is 0 Å². The fraction of sp³-hybridized carbons (Fsp3) is 0.200. The third-order valence-corrected chi connectivity index (χ3v) is 3.32. The number of nitrogens with two attached hydrogens (primary N) is 1. The predicted octanol–water partition coefficient (Wildman–Crippen LogP) is 3.13. The van der Waals surface area contributed by atoms with Crippen molar-refractivity contribution in [1.82, 2.24) is 5.43 Å². The molecular weight excluding hydrogens is 246 g/mol. The van der Waals surface area contributed by atoms with Crippen LogP contribution in [0.4, 0.5) is 8.78 Å². The molecule has 0 saturated heterocycles. The second-order valence-corrected chi connectivity index (χ2v) is 4.59.